The Morgan fingerprint density at radius 3 is 2.59 bits per heavy atom. The lowest BCUT2D eigenvalue weighted by atomic mass is 9.92. The van der Waals surface area contributed by atoms with E-state index < -0.39 is 0 Å². The number of nitrogens with zero attached hydrogens (tertiary/aromatic N) is 7. The largest absolute Gasteiger partial charge is 0.473 e. The fourth-order valence-electron chi connectivity index (χ4n) is 4.20. The summed E-state index contributed by atoms with van der Waals surface area (Å²) in [4.78, 5) is 12.7. The minimum atomic E-state index is 0.137. The van der Waals surface area contributed by atoms with Crippen LogP contribution in [0.25, 0.3) is 17.3 Å². The molecule has 0 atom stereocenters. The van der Waals surface area contributed by atoms with Gasteiger partial charge in [-0.3, -0.25) is 14.3 Å². The molecule has 1 fully saturated rings. The second-order valence-corrected chi connectivity index (χ2v) is 8.14. The Balaban J connectivity index is 1.59. The van der Waals surface area contributed by atoms with E-state index in [1.807, 2.05) is 39.5 Å². The zero-order valence-electron chi connectivity index (χ0n) is 19.1. The predicted octanol–water partition coefficient (Wildman–Crippen LogP) is 3.47. The van der Waals surface area contributed by atoms with Crippen LogP contribution in [0.2, 0.25) is 0 Å². The van der Waals surface area contributed by atoms with Crippen molar-refractivity contribution in [3.8, 4) is 17.1 Å². The molecule has 0 aromatic carbocycles. The van der Waals surface area contributed by atoms with E-state index in [0.29, 0.717) is 11.7 Å². The van der Waals surface area contributed by atoms with Gasteiger partial charge in [-0.15, -0.1) is 0 Å². The highest BCUT2D eigenvalue weighted by molar-refractivity contribution is 5.68. The quantitative estimate of drug-likeness (QED) is 0.572. The molecule has 9 heteroatoms. The van der Waals surface area contributed by atoms with Gasteiger partial charge in [0.15, 0.2) is 0 Å². The van der Waals surface area contributed by atoms with Crippen molar-refractivity contribution in [2.75, 3.05) is 7.05 Å². The molecule has 0 amide bonds. The molecule has 1 aliphatic rings. The molecule has 0 spiro atoms. The molecular weight excluding hydrogens is 404 g/mol. The Morgan fingerprint density at radius 2 is 1.97 bits per heavy atom. The molecule has 9 nitrogen and oxygen atoms in total. The van der Waals surface area contributed by atoms with Crippen molar-refractivity contribution < 1.29 is 4.74 Å². The number of rotatable bonds is 7. The fourth-order valence-corrected chi connectivity index (χ4v) is 4.20. The minimum Gasteiger partial charge on any atom is -0.473 e. The maximum absolute atomic E-state index is 6.14. The van der Waals surface area contributed by atoms with E-state index in [4.69, 9.17) is 9.84 Å². The lowest BCUT2D eigenvalue weighted by molar-refractivity contribution is 0.123. The van der Waals surface area contributed by atoms with Gasteiger partial charge in [0.25, 0.3) is 0 Å². The van der Waals surface area contributed by atoms with E-state index in [0.717, 1.165) is 53.9 Å². The van der Waals surface area contributed by atoms with Crippen molar-refractivity contribution in [3.63, 3.8) is 0 Å². The van der Waals surface area contributed by atoms with E-state index >= 15 is 0 Å². The molecule has 3 heterocycles. The highest BCUT2D eigenvalue weighted by Crippen LogP contribution is 2.35. The lowest BCUT2D eigenvalue weighted by Crippen LogP contribution is -2.27. The smallest absolute Gasteiger partial charge is 0.235 e. The van der Waals surface area contributed by atoms with Crippen LogP contribution in [0.4, 0.5) is 0 Å². The molecule has 1 aliphatic carbocycles. The summed E-state index contributed by atoms with van der Waals surface area (Å²) in [5.74, 6) is 1.34. The molecule has 0 aliphatic heterocycles. The normalized spacial score (nSPS) is 19.1. The molecule has 4 rings (SSSR count). The Bertz CT molecular complexity index is 1120. The van der Waals surface area contributed by atoms with E-state index in [1.54, 1.807) is 17.1 Å². The second-order valence-electron chi connectivity index (χ2n) is 8.14. The van der Waals surface area contributed by atoms with E-state index in [9.17, 15) is 0 Å². The fraction of sp³-hybridized carbons (Fsp3) is 0.435. The topological polar surface area (TPSA) is 95.0 Å². The third-order valence-corrected chi connectivity index (χ3v) is 5.98. The van der Waals surface area contributed by atoms with E-state index in [2.05, 4.69) is 43.7 Å². The zero-order valence-corrected chi connectivity index (χ0v) is 19.1. The summed E-state index contributed by atoms with van der Waals surface area (Å²) in [6.07, 6.45) is 13.2. The van der Waals surface area contributed by atoms with Gasteiger partial charge in [-0.05, 0) is 46.2 Å². The van der Waals surface area contributed by atoms with Gasteiger partial charge < -0.3 is 10.1 Å². The van der Waals surface area contributed by atoms with Crippen LogP contribution in [0.3, 0.4) is 0 Å². The summed E-state index contributed by atoms with van der Waals surface area (Å²) >= 11 is 0. The van der Waals surface area contributed by atoms with Crippen LogP contribution >= 0.6 is 0 Å². The van der Waals surface area contributed by atoms with Crippen LogP contribution in [0.15, 0.2) is 35.6 Å². The summed E-state index contributed by atoms with van der Waals surface area (Å²) in [6.45, 7) is 7.69. The molecule has 0 radical (unpaired) electrons. The maximum Gasteiger partial charge on any atom is 0.235 e. The number of hydrogen-bond acceptors (Lipinski definition) is 7. The van der Waals surface area contributed by atoms with Gasteiger partial charge in [-0.2, -0.15) is 10.2 Å². The van der Waals surface area contributed by atoms with Gasteiger partial charge in [-0.25, -0.2) is 9.98 Å². The van der Waals surface area contributed by atoms with Gasteiger partial charge in [0.2, 0.25) is 5.88 Å². The number of aliphatic imine (C=N–C) groups is 1. The average Bonchev–Trinajstić information content (AvgIpc) is 3.37. The first-order valence-electron chi connectivity index (χ1n) is 10.9. The van der Waals surface area contributed by atoms with Gasteiger partial charge in [0.1, 0.15) is 11.9 Å². The summed E-state index contributed by atoms with van der Waals surface area (Å²) < 4.78 is 10.1. The van der Waals surface area contributed by atoms with Crippen molar-refractivity contribution >= 4 is 12.8 Å². The highest BCUT2D eigenvalue weighted by Gasteiger charge is 2.28. The number of ether oxygens (including phenoxy) is 1. The van der Waals surface area contributed by atoms with Gasteiger partial charge in [-0.1, -0.05) is 0 Å². The summed E-state index contributed by atoms with van der Waals surface area (Å²) in [5, 5.41) is 12.4. The highest BCUT2D eigenvalue weighted by atomic mass is 16.5. The molecule has 0 saturated heterocycles. The van der Waals surface area contributed by atoms with Crippen LogP contribution < -0.4 is 10.1 Å². The lowest BCUT2D eigenvalue weighted by Gasteiger charge is -2.29. The molecule has 1 N–H and O–H groups in total. The molecule has 32 heavy (non-hydrogen) atoms. The standard InChI is InChI=1S/C23H30N8O/c1-15-20(12-21(24-3)25-4)31(29-22(15)17-13-28-30(5)14-17)18-6-8-19(9-7-18)32-23-16(2)26-10-11-27-23/h10-14,18-19,25H,3,6-9H2,1-2,4-5H3/b21-12+. The molecule has 3 aromatic heterocycles. The van der Waals surface area contributed by atoms with Gasteiger partial charge >= 0.3 is 0 Å². The average molecular weight is 435 g/mol. The summed E-state index contributed by atoms with van der Waals surface area (Å²) in [6, 6.07) is 0.274. The van der Waals surface area contributed by atoms with Gasteiger partial charge in [0, 0.05) is 49.9 Å². The van der Waals surface area contributed by atoms with Crippen LogP contribution in [-0.4, -0.2) is 49.4 Å². The molecule has 1 saturated carbocycles. The van der Waals surface area contributed by atoms with Crippen molar-refractivity contribution in [1.29, 1.82) is 0 Å². The Hall–Kier alpha value is -3.49. The van der Waals surface area contributed by atoms with Crippen LogP contribution in [0, 0.1) is 13.8 Å². The summed E-state index contributed by atoms with van der Waals surface area (Å²) in [5.41, 5.74) is 4.91. The number of nitrogens with one attached hydrogen (secondary N) is 1. The molecular formula is C23H30N8O. The van der Waals surface area contributed by atoms with Crippen LogP contribution in [0.1, 0.15) is 48.7 Å². The summed E-state index contributed by atoms with van der Waals surface area (Å²) in [7, 11) is 3.76. The Labute approximate surface area is 188 Å². The van der Waals surface area contributed by atoms with Crippen molar-refractivity contribution in [1.82, 2.24) is 34.8 Å². The zero-order chi connectivity index (χ0) is 22.7. The van der Waals surface area contributed by atoms with Crippen molar-refractivity contribution in [2.24, 2.45) is 12.0 Å². The SMILES string of the molecule is C=N/C(=C\c1c(C)c(-c2cnn(C)c2)nn1C1CCC(Oc2nccnc2C)CC1)NC. The Morgan fingerprint density at radius 1 is 1.22 bits per heavy atom. The predicted molar refractivity (Wildman–Crippen MR) is 124 cm³/mol. The monoisotopic (exact) mass is 434 g/mol. The molecule has 0 bridgehead atoms. The van der Waals surface area contributed by atoms with Crippen molar-refractivity contribution in [3.05, 3.63) is 47.6 Å². The van der Waals surface area contributed by atoms with E-state index in [1.165, 1.54) is 0 Å². The van der Waals surface area contributed by atoms with Crippen LogP contribution in [-0.2, 0) is 7.05 Å². The minimum absolute atomic E-state index is 0.137. The maximum atomic E-state index is 6.14. The second kappa shape index (κ2) is 9.33. The number of hydrogen-bond donors (Lipinski definition) is 1. The number of aromatic nitrogens is 6. The third kappa shape index (κ3) is 4.42. The van der Waals surface area contributed by atoms with E-state index in [-0.39, 0.29) is 12.1 Å². The number of aryl methyl sites for hydroxylation is 2. The molecule has 3 aromatic rings. The third-order valence-electron chi connectivity index (χ3n) is 5.98. The van der Waals surface area contributed by atoms with Crippen LogP contribution in [0.5, 0.6) is 5.88 Å². The molecule has 168 valence electrons. The van der Waals surface area contributed by atoms with Crippen molar-refractivity contribution in [2.45, 2.75) is 51.7 Å². The Kier molecular flexibility index (Phi) is 6.34. The first-order chi connectivity index (χ1) is 15.5. The first-order valence-corrected chi connectivity index (χ1v) is 10.9. The first kappa shape index (κ1) is 21.7. The molecule has 0 unspecified atom stereocenters. The van der Waals surface area contributed by atoms with Gasteiger partial charge in [0.05, 0.1) is 29.3 Å².